The van der Waals surface area contributed by atoms with Gasteiger partial charge in [-0.25, -0.2) is 9.37 Å². The molecule has 0 N–H and O–H groups in total. The number of nitrogens with zero attached hydrogens (tertiary/aromatic N) is 3. The fourth-order valence-corrected chi connectivity index (χ4v) is 3.45. The van der Waals surface area contributed by atoms with Crippen molar-refractivity contribution < 1.29 is 4.39 Å². The predicted octanol–water partition coefficient (Wildman–Crippen LogP) is 2.84. The van der Waals surface area contributed by atoms with Gasteiger partial charge >= 0.3 is 0 Å². The van der Waals surface area contributed by atoms with E-state index in [4.69, 9.17) is 6.42 Å². The first kappa shape index (κ1) is 16.4. The molecule has 0 radical (unpaired) electrons. The number of hydrogen-bond acceptors (Lipinski definition) is 4. The number of halogens is 1. The summed E-state index contributed by atoms with van der Waals surface area (Å²) in [6, 6.07) is 7.85. The van der Waals surface area contributed by atoms with Gasteiger partial charge in [-0.15, -0.1) is 17.8 Å². The number of terminal acetylenes is 1. The summed E-state index contributed by atoms with van der Waals surface area (Å²) in [5.41, 5.74) is 2.43. The maximum Gasteiger partial charge on any atom is 0.259 e. The number of aromatic nitrogens is 2. The summed E-state index contributed by atoms with van der Waals surface area (Å²) in [6.07, 6.45) is 5.45. The lowest BCUT2D eigenvalue weighted by Gasteiger charge is -2.19. The molecule has 0 aliphatic carbocycles. The van der Waals surface area contributed by atoms with E-state index < -0.39 is 0 Å². The fourth-order valence-electron chi connectivity index (χ4n) is 2.56. The van der Waals surface area contributed by atoms with Gasteiger partial charge in [-0.3, -0.25) is 14.1 Å². The standard InChI is InChI=1S/C18H16FN3OS/c1-3-8-21(10-14-4-6-15(19)7-5-14)11-16-9-17(23)22-13(2)12-24-18(22)20-16/h1,4-7,9,12H,8,10-11H2,2H3. The van der Waals surface area contributed by atoms with Gasteiger partial charge in [0.2, 0.25) is 0 Å². The Morgan fingerprint density at radius 3 is 2.79 bits per heavy atom. The zero-order valence-corrected chi connectivity index (χ0v) is 14.0. The first-order chi connectivity index (χ1) is 11.6. The molecule has 0 aliphatic rings. The number of fused-ring (bicyclic) bond motifs is 1. The molecule has 2 heterocycles. The van der Waals surface area contributed by atoms with Crippen molar-refractivity contribution in [2.24, 2.45) is 0 Å². The molecule has 0 bridgehead atoms. The first-order valence-electron chi connectivity index (χ1n) is 7.44. The largest absolute Gasteiger partial charge is 0.282 e. The van der Waals surface area contributed by atoms with Crippen molar-refractivity contribution in [2.75, 3.05) is 6.54 Å². The van der Waals surface area contributed by atoms with Gasteiger partial charge in [-0.05, 0) is 24.6 Å². The summed E-state index contributed by atoms with van der Waals surface area (Å²) >= 11 is 1.44. The van der Waals surface area contributed by atoms with Gasteiger partial charge < -0.3 is 0 Å². The second-order valence-electron chi connectivity index (χ2n) is 5.56. The van der Waals surface area contributed by atoms with Crippen LogP contribution in [-0.2, 0) is 13.1 Å². The average Bonchev–Trinajstić information content (AvgIpc) is 2.91. The smallest absolute Gasteiger partial charge is 0.259 e. The highest BCUT2D eigenvalue weighted by Gasteiger charge is 2.11. The molecule has 24 heavy (non-hydrogen) atoms. The van der Waals surface area contributed by atoms with Crippen molar-refractivity contribution >= 4 is 16.3 Å². The number of benzene rings is 1. The summed E-state index contributed by atoms with van der Waals surface area (Å²) in [5, 5.41) is 1.91. The van der Waals surface area contributed by atoms with E-state index in [1.807, 2.05) is 17.2 Å². The quantitative estimate of drug-likeness (QED) is 0.670. The molecule has 2 aromatic heterocycles. The number of hydrogen-bond donors (Lipinski definition) is 0. The summed E-state index contributed by atoms with van der Waals surface area (Å²) in [4.78, 5) is 19.5. The summed E-state index contributed by atoms with van der Waals surface area (Å²) < 4.78 is 14.6. The zero-order valence-electron chi connectivity index (χ0n) is 13.2. The van der Waals surface area contributed by atoms with E-state index in [0.717, 1.165) is 11.3 Å². The van der Waals surface area contributed by atoms with Crippen LogP contribution in [0.15, 0.2) is 40.5 Å². The number of aryl methyl sites for hydroxylation is 1. The van der Waals surface area contributed by atoms with Crippen molar-refractivity contribution in [1.82, 2.24) is 14.3 Å². The molecular weight excluding hydrogens is 325 g/mol. The molecule has 0 fully saturated rings. The number of rotatable bonds is 5. The van der Waals surface area contributed by atoms with E-state index in [-0.39, 0.29) is 11.4 Å². The van der Waals surface area contributed by atoms with Crippen LogP contribution >= 0.6 is 11.3 Å². The SMILES string of the molecule is C#CCN(Cc1ccc(F)cc1)Cc1cc(=O)n2c(C)csc2n1. The lowest BCUT2D eigenvalue weighted by Crippen LogP contribution is -2.25. The van der Waals surface area contributed by atoms with E-state index in [1.165, 1.54) is 23.5 Å². The van der Waals surface area contributed by atoms with Crippen molar-refractivity contribution in [1.29, 1.82) is 0 Å². The summed E-state index contributed by atoms with van der Waals surface area (Å²) in [5.74, 6) is 2.35. The van der Waals surface area contributed by atoms with Crippen molar-refractivity contribution in [3.8, 4) is 12.3 Å². The minimum absolute atomic E-state index is 0.0869. The van der Waals surface area contributed by atoms with E-state index in [1.54, 1.807) is 22.6 Å². The fraction of sp³-hybridized carbons (Fsp3) is 0.222. The van der Waals surface area contributed by atoms with Crippen molar-refractivity contribution in [3.63, 3.8) is 0 Å². The third-order valence-corrected chi connectivity index (χ3v) is 4.59. The van der Waals surface area contributed by atoms with Gasteiger partial charge in [0, 0.05) is 30.2 Å². The van der Waals surface area contributed by atoms with Crippen LogP contribution in [0.25, 0.3) is 4.96 Å². The van der Waals surface area contributed by atoms with Gasteiger partial charge in [0.1, 0.15) is 5.82 Å². The molecule has 0 atom stereocenters. The second kappa shape index (κ2) is 6.95. The van der Waals surface area contributed by atoms with Crippen LogP contribution < -0.4 is 5.56 Å². The van der Waals surface area contributed by atoms with Gasteiger partial charge in [0.25, 0.3) is 5.56 Å². The Kier molecular flexibility index (Phi) is 4.74. The Morgan fingerprint density at radius 1 is 1.33 bits per heavy atom. The van der Waals surface area contributed by atoms with Crippen LogP contribution in [0.1, 0.15) is 17.0 Å². The molecule has 0 saturated heterocycles. The molecule has 1 aromatic carbocycles. The average molecular weight is 341 g/mol. The van der Waals surface area contributed by atoms with E-state index in [9.17, 15) is 9.18 Å². The minimum Gasteiger partial charge on any atom is -0.282 e. The minimum atomic E-state index is -0.268. The van der Waals surface area contributed by atoms with Crippen LogP contribution in [0.5, 0.6) is 0 Å². The monoisotopic (exact) mass is 341 g/mol. The highest BCUT2D eigenvalue weighted by molar-refractivity contribution is 7.15. The maximum absolute atomic E-state index is 13.0. The number of thiazole rings is 1. The maximum atomic E-state index is 13.0. The van der Waals surface area contributed by atoms with Gasteiger partial charge in [-0.1, -0.05) is 18.1 Å². The van der Waals surface area contributed by atoms with Gasteiger partial charge in [-0.2, -0.15) is 0 Å². The Morgan fingerprint density at radius 2 is 2.08 bits per heavy atom. The van der Waals surface area contributed by atoms with Crippen LogP contribution in [0.3, 0.4) is 0 Å². The Balaban J connectivity index is 1.84. The van der Waals surface area contributed by atoms with E-state index in [0.29, 0.717) is 30.3 Å². The van der Waals surface area contributed by atoms with Crippen molar-refractivity contribution in [2.45, 2.75) is 20.0 Å². The molecule has 3 aromatic rings. The molecule has 0 spiro atoms. The molecule has 0 amide bonds. The Hall–Kier alpha value is -2.49. The molecule has 122 valence electrons. The lowest BCUT2D eigenvalue weighted by molar-refractivity contribution is 0.287. The van der Waals surface area contributed by atoms with Crippen LogP contribution in [-0.4, -0.2) is 20.8 Å². The first-order valence-corrected chi connectivity index (χ1v) is 8.32. The molecule has 0 unspecified atom stereocenters. The molecule has 3 rings (SSSR count). The third kappa shape index (κ3) is 3.53. The van der Waals surface area contributed by atoms with Gasteiger partial charge in [0.15, 0.2) is 4.96 Å². The Bertz CT molecular complexity index is 953. The zero-order chi connectivity index (χ0) is 17.1. The highest BCUT2D eigenvalue weighted by atomic mass is 32.1. The van der Waals surface area contributed by atoms with Crippen LogP contribution in [0.4, 0.5) is 4.39 Å². The topological polar surface area (TPSA) is 37.6 Å². The van der Waals surface area contributed by atoms with E-state index >= 15 is 0 Å². The lowest BCUT2D eigenvalue weighted by atomic mass is 10.2. The predicted molar refractivity (Wildman–Crippen MR) is 93.4 cm³/mol. The Labute approximate surface area is 143 Å². The van der Waals surface area contributed by atoms with E-state index in [2.05, 4.69) is 10.9 Å². The second-order valence-corrected chi connectivity index (χ2v) is 6.39. The molecule has 6 heteroatoms. The molecule has 4 nitrogen and oxygen atoms in total. The van der Waals surface area contributed by atoms with Gasteiger partial charge in [0.05, 0.1) is 12.2 Å². The van der Waals surface area contributed by atoms with Crippen LogP contribution in [0, 0.1) is 25.1 Å². The summed E-state index contributed by atoms with van der Waals surface area (Å²) in [7, 11) is 0. The normalized spacial score (nSPS) is 11.1. The van der Waals surface area contributed by atoms with Crippen molar-refractivity contribution in [3.05, 3.63) is 68.8 Å². The third-order valence-electron chi connectivity index (χ3n) is 3.65. The molecular formula is C18H16FN3OS. The van der Waals surface area contributed by atoms with Crippen LogP contribution in [0.2, 0.25) is 0 Å². The highest BCUT2D eigenvalue weighted by Crippen LogP contribution is 2.13. The molecule has 0 saturated carbocycles. The molecule has 0 aliphatic heterocycles. The summed E-state index contributed by atoms with van der Waals surface area (Å²) in [6.45, 7) is 3.33.